The summed E-state index contributed by atoms with van der Waals surface area (Å²) >= 11 is 1.30. The number of nitrogens with zero attached hydrogens (tertiary/aromatic N) is 6. The maximum Gasteiger partial charge on any atom is 0.253 e. The highest BCUT2D eigenvalue weighted by Gasteiger charge is 2.22. The standard InChI is InChI=1S/C23H25N7OS/c1-15-12-16(2)29-22(24-15)26-23(28-29)32-14-21(31)25-20-13-19(17-8-6-7-9-17)27-30(20)18-10-4-3-5-11-18/h3-5,10-13,17H,6-9,14H2,1-2H3,(H,25,31). The fourth-order valence-corrected chi connectivity index (χ4v) is 4.81. The Labute approximate surface area is 190 Å². The molecule has 1 saturated carbocycles. The third kappa shape index (κ3) is 4.25. The second-order valence-electron chi connectivity index (χ2n) is 8.17. The molecule has 0 saturated heterocycles. The molecular weight excluding hydrogens is 422 g/mol. The zero-order valence-corrected chi connectivity index (χ0v) is 19.0. The minimum Gasteiger partial charge on any atom is -0.310 e. The Bertz CT molecular complexity index is 1260. The van der Waals surface area contributed by atoms with Gasteiger partial charge in [0.25, 0.3) is 5.78 Å². The number of carbonyl (C=O) groups excluding carboxylic acids is 1. The summed E-state index contributed by atoms with van der Waals surface area (Å²) in [6.07, 6.45) is 4.78. The van der Waals surface area contributed by atoms with Gasteiger partial charge in [0.2, 0.25) is 11.1 Å². The van der Waals surface area contributed by atoms with E-state index in [1.807, 2.05) is 61.0 Å². The number of aromatic nitrogens is 6. The normalized spacial score (nSPS) is 14.3. The van der Waals surface area contributed by atoms with Crippen molar-refractivity contribution in [3.63, 3.8) is 0 Å². The van der Waals surface area contributed by atoms with Gasteiger partial charge in [0, 0.05) is 23.4 Å². The molecule has 0 bridgehead atoms. The molecule has 0 atom stereocenters. The Balaban J connectivity index is 1.33. The highest BCUT2D eigenvalue weighted by Crippen LogP contribution is 2.35. The first kappa shape index (κ1) is 20.7. The van der Waals surface area contributed by atoms with Crippen molar-refractivity contribution in [1.29, 1.82) is 0 Å². The van der Waals surface area contributed by atoms with Gasteiger partial charge < -0.3 is 5.32 Å². The minimum absolute atomic E-state index is 0.121. The van der Waals surface area contributed by atoms with Gasteiger partial charge in [0.15, 0.2) is 0 Å². The van der Waals surface area contributed by atoms with E-state index in [4.69, 9.17) is 5.10 Å². The number of thioether (sulfide) groups is 1. The van der Waals surface area contributed by atoms with Crippen molar-refractivity contribution in [2.75, 3.05) is 11.1 Å². The number of hydrogen-bond donors (Lipinski definition) is 1. The van der Waals surface area contributed by atoms with Crippen LogP contribution in [0.5, 0.6) is 0 Å². The Morgan fingerprint density at radius 1 is 1.09 bits per heavy atom. The average Bonchev–Trinajstić information content (AvgIpc) is 3.52. The molecule has 32 heavy (non-hydrogen) atoms. The first-order valence-corrected chi connectivity index (χ1v) is 11.8. The Morgan fingerprint density at radius 3 is 2.66 bits per heavy atom. The lowest BCUT2D eigenvalue weighted by atomic mass is 10.0. The highest BCUT2D eigenvalue weighted by atomic mass is 32.2. The van der Waals surface area contributed by atoms with Crippen LogP contribution in [0.2, 0.25) is 0 Å². The van der Waals surface area contributed by atoms with Crippen molar-refractivity contribution >= 4 is 29.3 Å². The lowest BCUT2D eigenvalue weighted by Crippen LogP contribution is -2.17. The maximum absolute atomic E-state index is 12.8. The van der Waals surface area contributed by atoms with Crippen molar-refractivity contribution in [2.45, 2.75) is 50.6 Å². The van der Waals surface area contributed by atoms with Crippen molar-refractivity contribution in [2.24, 2.45) is 0 Å². The molecular formula is C23H25N7OS. The molecule has 1 fully saturated rings. The van der Waals surface area contributed by atoms with Crippen LogP contribution >= 0.6 is 11.8 Å². The molecule has 1 aliphatic rings. The summed E-state index contributed by atoms with van der Waals surface area (Å²) < 4.78 is 3.53. The van der Waals surface area contributed by atoms with Crippen LogP contribution in [-0.2, 0) is 4.79 Å². The molecule has 164 valence electrons. The van der Waals surface area contributed by atoms with Crippen molar-refractivity contribution in [3.8, 4) is 5.69 Å². The molecule has 0 radical (unpaired) electrons. The molecule has 1 N–H and O–H groups in total. The summed E-state index contributed by atoms with van der Waals surface area (Å²) in [6, 6.07) is 13.9. The zero-order chi connectivity index (χ0) is 22.1. The number of carbonyl (C=O) groups is 1. The number of fused-ring (bicyclic) bond motifs is 1. The summed E-state index contributed by atoms with van der Waals surface area (Å²) in [5.41, 5.74) is 3.83. The summed E-state index contributed by atoms with van der Waals surface area (Å²) in [5.74, 6) is 1.79. The summed E-state index contributed by atoms with van der Waals surface area (Å²) in [6.45, 7) is 3.89. The van der Waals surface area contributed by atoms with E-state index in [9.17, 15) is 4.79 Å². The van der Waals surface area contributed by atoms with Crippen molar-refractivity contribution in [3.05, 3.63) is 59.5 Å². The first-order valence-electron chi connectivity index (χ1n) is 10.9. The molecule has 1 aromatic carbocycles. The Kier molecular flexibility index (Phi) is 5.65. The van der Waals surface area contributed by atoms with Crippen LogP contribution in [0.1, 0.15) is 48.7 Å². The third-order valence-electron chi connectivity index (χ3n) is 5.70. The van der Waals surface area contributed by atoms with Gasteiger partial charge >= 0.3 is 0 Å². The van der Waals surface area contributed by atoms with E-state index in [0.29, 0.717) is 22.7 Å². The topological polar surface area (TPSA) is 90.0 Å². The second-order valence-corrected chi connectivity index (χ2v) is 9.11. The van der Waals surface area contributed by atoms with E-state index in [1.54, 1.807) is 4.52 Å². The molecule has 4 aromatic rings. The Morgan fingerprint density at radius 2 is 1.88 bits per heavy atom. The lowest BCUT2D eigenvalue weighted by molar-refractivity contribution is -0.113. The molecule has 8 nitrogen and oxygen atoms in total. The van der Waals surface area contributed by atoms with Crippen LogP contribution in [0.15, 0.2) is 47.6 Å². The molecule has 0 spiro atoms. The molecule has 3 aromatic heterocycles. The fraction of sp³-hybridized carbons (Fsp3) is 0.348. The number of aryl methyl sites for hydroxylation is 2. The predicted molar refractivity (Wildman–Crippen MR) is 124 cm³/mol. The van der Waals surface area contributed by atoms with E-state index in [1.165, 1.54) is 24.6 Å². The van der Waals surface area contributed by atoms with Crippen LogP contribution < -0.4 is 5.32 Å². The summed E-state index contributed by atoms with van der Waals surface area (Å²) in [7, 11) is 0. The van der Waals surface area contributed by atoms with Gasteiger partial charge in [-0.25, -0.2) is 14.2 Å². The molecule has 0 aliphatic heterocycles. The number of nitrogens with one attached hydrogen (secondary N) is 1. The van der Waals surface area contributed by atoms with Crippen LogP contribution in [-0.4, -0.2) is 41.0 Å². The van der Waals surface area contributed by atoms with Crippen LogP contribution in [0.3, 0.4) is 0 Å². The molecule has 5 rings (SSSR count). The monoisotopic (exact) mass is 447 g/mol. The van der Waals surface area contributed by atoms with Gasteiger partial charge in [-0.05, 0) is 44.9 Å². The SMILES string of the molecule is Cc1cc(C)n2nc(SCC(=O)Nc3cc(C4CCCC4)nn3-c3ccccc3)nc2n1. The number of anilines is 1. The molecule has 1 amide bonds. The summed E-state index contributed by atoms with van der Waals surface area (Å²) in [4.78, 5) is 21.6. The summed E-state index contributed by atoms with van der Waals surface area (Å²) in [5, 5.41) is 12.9. The van der Waals surface area contributed by atoms with Crippen LogP contribution in [0.25, 0.3) is 11.5 Å². The lowest BCUT2D eigenvalue weighted by Gasteiger charge is -2.08. The van der Waals surface area contributed by atoms with Gasteiger partial charge in [-0.2, -0.15) is 10.1 Å². The number of hydrogen-bond acceptors (Lipinski definition) is 6. The zero-order valence-electron chi connectivity index (χ0n) is 18.2. The highest BCUT2D eigenvalue weighted by molar-refractivity contribution is 7.99. The van der Waals surface area contributed by atoms with Crippen molar-refractivity contribution in [1.82, 2.24) is 29.4 Å². The first-order chi connectivity index (χ1) is 15.6. The smallest absolute Gasteiger partial charge is 0.253 e. The van der Waals surface area contributed by atoms with E-state index in [2.05, 4.69) is 20.4 Å². The van der Waals surface area contributed by atoms with Gasteiger partial charge in [-0.15, -0.1) is 5.10 Å². The van der Waals surface area contributed by atoms with E-state index in [-0.39, 0.29) is 11.7 Å². The van der Waals surface area contributed by atoms with Gasteiger partial charge in [-0.1, -0.05) is 42.8 Å². The van der Waals surface area contributed by atoms with Crippen LogP contribution in [0.4, 0.5) is 5.82 Å². The number of rotatable bonds is 6. The quantitative estimate of drug-likeness (QED) is 0.443. The predicted octanol–water partition coefficient (Wildman–Crippen LogP) is 4.32. The van der Waals surface area contributed by atoms with Crippen LogP contribution in [0, 0.1) is 13.8 Å². The largest absolute Gasteiger partial charge is 0.310 e. The minimum atomic E-state index is -0.121. The molecule has 3 heterocycles. The van der Waals surface area contributed by atoms with E-state index < -0.39 is 0 Å². The molecule has 9 heteroatoms. The average molecular weight is 448 g/mol. The van der Waals surface area contributed by atoms with Gasteiger partial charge in [0.05, 0.1) is 17.1 Å². The maximum atomic E-state index is 12.8. The van der Waals surface area contributed by atoms with E-state index >= 15 is 0 Å². The molecule has 0 unspecified atom stereocenters. The fourth-order valence-electron chi connectivity index (χ4n) is 4.19. The third-order valence-corrected chi connectivity index (χ3v) is 6.54. The Hall–Kier alpha value is -3.20. The van der Waals surface area contributed by atoms with Crippen molar-refractivity contribution < 1.29 is 4.79 Å². The number of benzene rings is 1. The second kappa shape index (κ2) is 8.74. The van der Waals surface area contributed by atoms with Gasteiger partial charge in [0.1, 0.15) is 5.82 Å². The molecule has 1 aliphatic carbocycles. The van der Waals surface area contributed by atoms with E-state index in [0.717, 1.165) is 35.6 Å². The van der Waals surface area contributed by atoms with Gasteiger partial charge in [-0.3, -0.25) is 4.79 Å². The number of para-hydroxylation sites is 1. The number of amides is 1.